The van der Waals surface area contributed by atoms with Crippen LogP contribution in [0.1, 0.15) is 12.0 Å². The van der Waals surface area contributed by atoms with Gasteiger partial charge in [-0.25, -0.2) is 0 Å². The molecule has 0 aliphatic carbocycles. The molecule has 0 spiro atoms. The third kappa shape index (κ3) is 8.44. The maximum absolute atomic E-state index is 10.7. The highest BCUT2D eigenvalue weighted by Gasteiger charge is 2.00. The minimum absolute atomic E-state index is 0.112. The zero-order chi connectivity index (χ0) is 20.0. The molecule has 0 atom stereocenters. The second kappa shape index (κ2) is 12.2. The number of guanidine groups is 1. The van der Waals surface area contributed by atoms with Crippen LogP contribution < -0.4 is 25.8 Å². The number of nitrogens with zero attached hydrogens (tertiary/aromatic N) is 1. The lowest BCUT2D eigenvalue weighted by atomic mass is 10.1. The first-order valence-corrected chi connectivity index (χ1v) is 9.30. The highest BCUT2D eigenvalue weighted by atomic mass is 16.5. The van der Waals surface area contributed by atoms with Gasteiger partial charge < -0.3 is 25.8 Å². The number of hydrogen-bond acceptors (Lipinski definition) is 4. The Morgan fingerprint density at radius 1 is 0.964 bits per heavy atom. The van der Waals surface area contributed by atoms with Crippen LogP contribution in [0, 0.1) is 0 Å². The Morgan fingerprint density at radius 3 is 2.32 bits per heavy atom. The van der Waals surface area contributed by atoms with Gasteiger partial charge in [-0.1, -0.05) is 30.3 Å². The lowest BCUT2D eigenvalue weighted by Gasteiger charge is -2.12. The summed E-state index contributed by atoms with van der Waals surface area (Å²) in [7, 11) is 1.75. The SMILES string of the molecule is CN=C(NCCCOc1ccccc1)NCCc1ccc(OCC(N)=O)cc1. The summed E-state index contributed by atoms with van der Waals surface area (Å²) < 4.78 is 10.9. The van der Waals surface area contributed by atoms with E-state index in [1.807, 2.05) is 54.6 Å². The molecule has 28 heavy (non-hydrogen) atoms. The van der Waals surface area contributed by atoms with Crippen LogP contribution in [0.5, 0.6) is 11.5 Å². The molecule has 0 unspecified atom stereocenters. The average Bonchev–Trinajstić information content (AvgIpc) is 2.72. The fraction of sp³-hybridized carbons (Fsp3) is 0.333. The summed E-state index contributed by atoms with van der Waals surface area (Å²) in [5, 5.41) is 6.56. The van der Waals surface area contributed by atoms with Crippen LogP contribution in [0.4, 0.5) is 0 Å². The van der Waals surface area contributed by atoms with E-state index in [9.17, 15) is 4.79 Å². The summed E-state index contributed by atoms with van der Waals surface area (Å²) in [4.78, 5) is 14.9. The summed E-state index contributed by atoms with van der Waals surface area (Å²) >= 11 is 0. The van der Waals surface area contributed by atoms with Gasteiger partial charge in [0.1, 0.15) is 11.5 Å². The molecule has 0 fully saturated rings. The Kier molecular flexibility index (Phi) is 9.20. The number of para-hydroxylation sites is 1. The van der Waals surface area contributed by atoms with E-state index >= 15 is 0 Å². The van der Waals surface area contributed by atoms with Crippen molar-refractivity contribution in [1.82, 2.24) is 10.6 Å². The van der Waals surface area contributed by atoms with Crippen LogP contribution in [-0.2, 0) is 11.2 Å². The largest absolute Gasteiger partial charge is 0.494 e. The highest BCUT2D eigenvalue weighted by molar-refractivity contribution is 5.79. The first-order valence-electron chi connectivity index (χ1n) is 9.30. The van der Waals surface area contributed by atoms with E-state index < -0.39 is 5.91 Å². The minimum Gasteiger partial charge on any atom is -0.494 e. The molecule has 0 bridgehead atoms. The van der Waals surface area contributed by atoms with Crippen molar-refractivity contribution in [1.29, 1.82) is 0 Å². The number of primary amides is 1. The monoisotopic (exact) mass is 384 g/mol. The number of ether oxygens (including phenoxy) is 2. The predicted molar refractivity (Wildman–Crippen MR) is 111 cm³/mol. The molecule has 0 radical (unpaired) electrons. The van der Waals surface area contributed by atoms with Gasteiger partial charge in [0.25, 0.3) is 5.91 Å². The van der Waals surface area contributed by atoms with Crippen LogP contribution in [0.25, 0.3) is 0 Å². The first kappa shape index (κ1) is 21.1. The summed E-state index contributed by atoms with van der Waals surface area (Å²) in [6.07, 6.45) is 1.72. The molecule has 2 rings (SSSR count). The Balaban J connectivity index is 1.59. The Labute approximate surface area is 165 Å². The average molecular weight is 384 g/mol. The van der Waals surface area contributed by atoms with Crippen molar-refractivity contribution in [3.63, 3.8) is 0 Å². The maximum atomic E-state index is 10.7. The van der Waals surface area contributed by atoms with Gasteiger partial charge in [-0.15, -0.1) is 0 Å². The van der Waals surface area contributed by atoms with E-state index in [0.717, 1.165) is 43.2 Å². The molecule has 0 saturated carbocycles. The van der Waals surface area contributed by atoms with Crippen LogP contribution >= 0.6 is 0 Å². The second-order valence-electron chi connectivity index (χ2n) is 6.09. The second-order valence-corrected chi connectivity index (χ2v) is 6.09. The number of carbonyl (C=O) groups is 1. The molecule has 1 amide bonds. The molecular formula is C21H28N4O3. The van der Waals surface area contributed by atoms with Gasteiger partial charge in [0.05, 0.1) is 6.61 Å². The molecule has 2 aromatic rings. The van der Waals surface area contributed by atoms with E-state index in [0.29, 0.717) is 12.4 Å². The van der Waals surface area contributed by atoms with E-state index in [1.165, 1.54) is 0 Å². The van der Waals surface area contributed by atoms with Crippen molar-refractivity contribution < 1.29 is 14.3 Å². The lowest BCUT2D eigenvalue weighted by molar-refractivity contribution is -0.119. The lowest BCUT2D eigenvalue weighted by Crippen LogP contribution is -2.39. The molecule has 4 N–H and O–H groups in total. The summed E-state index contributed by atoms with van der Waals surface area (Å²) in [6, 6.07) is 17.4. The van der Waals surface area contributed by atoms with Crippen molar-refractivity contribution >= 4 is 11.9 Å². The normalized spacial score (nSPS) is 11.0. The quantitative estimate of drug-likeness (QED) is 0.311. The number of carbonyl (C=O) groups excluding carboxylic acids is 1. The van der Waals surface area contributed by atoms with Gasteiger partial charge in [0.2, 0.25) is 0 Å². The molecule has 0 aromatic heterocycles. The molecule has 0 heterocycles. The minimum atomic E-state index is -0.487. The van der Waals surface area contributed by atoms with Crippen molar-refractivity contribution in [2.45, 2.75) is 12.8 Å². The Bertz CT molecular complexity index is 733. The van der Waals surface area contributed by atoms with Crippen molar-refractivity contribution in [3.8, 4) is 11.5 Å². The number of benzene rings is 2. The zero-order valence-corrected chi connectivity index (χ0v) is 16.2. The Hall–Kier alpha value is -3.22. The molecule has 150 valence electrons. The number of nitrogens with two attached hydrogens (primary N) is 1. The molecule has 7 nitrogen and oxygen atoms in total. The van der Waals surface area contributed by atoms with Crippen LogP contribution in [-0.4, -0.2) is 45.2 Å². The number of rotatable bonds is 11. The topological polar surface area (TPSA) is 98.0 Å². The van der Waals surface area contributed by atoms with Gasteiger partial charge in [-0.3, -0.25) is 9.79 Å². The van der Waals surface area contributed by atoms with Crippen molar-refractivity contribution in [2.75, 3.05) is 33.4 Å². The van der Waals surface area contributed by atoms with Gasteiger partial charge >= 0.3 is 0 Å². The molecule has 0 saturated heterocycles. The Morgan fingerprint density at radius 2 is 1.64 bits per heavy atom. The number of hydrogen-bond donors (Lipinski definition) is 3. The van der Waals surface area contributed by atoms with Crippen molar-refractivity contribution in [3.05, 3.63) is 60.2 Å². The molecule has 7 heteroatoms. The standard InChI is InChI=1S/C21H28N4O3/c1-23-21(24-13-5-15-27-18-6-3-2-4-7-18)25-14-12-17-8-10-19(11-9-17)28-16-20(22)26/h2-4,6-11H,5,12-16H2,1H3,(H2,22,26)(H2,23,24,25). The van der Waals surface area contributed by atoms with E-state index in [-0.39, 0.29) is 6.61 Å². The number of nitrogens with one attached hydrogen (secondary N) is 2. The highest BCUT2D eigenvalue weighted by Crippen LogP contribution is 2.12. The van der Waals surface area contributed by atoms with Gasteiger partial charge in [-0.2, -0.15) is 0 Å². The number of aliphatic imine (C=N–C) groups is 1. The van der Waals surface area contributed by atoms with Crippen LogP contribution in [0.2, 0.25) is 0 Å². The molecule has 0 aliphatic heterocycles. The first-order chi connectivity index (χ1) is 13.7. The molecule has 2 aromatic carbocycles. The third-order valence-corrected chi connectivity index (χ3v) is 3.86. The molecular weight excluding hydrogens is 356 g/mol. The van der Waals surface area contributed by atoms with Crippen molar-refractivity contribution in [2.24, 2.45) is 10.7 Å². The third-order valence-electron chi connectivity index (χ3n) is 3.86. The fourth-order valence-corrected chi connectivity index (χ4v) is 2.44. The maximum Gasteiger partial charge on any atom is 0.255 e. The summed E-state index contributed by atoms with van der Waals surface area (Å²) in [5.74, 6) is 1.79. The smallest absolute Gasteiger partial charge is 0.255 e. The summed E-state index contributed by atoms with van der Waals surface area (Å²) in [6.45, 7) is 2.07. The summed E-state index contributed by atoms with van der Waals surface area (Å²) in [5.41, 5.74) is 6.22. The molecule has 0 aliphatic rings. The van der Waals surface area contributed by atoms with Gasteiger partial charge in [0, 0.05) is 20.1 Å². The van der Waals surface area contributed by atoms with Gasteiger partial charge in [-0.05, 0) is 42.7 Å². The van der Waals surface area contributed by atoms with E-state index in [4.69, 9.17) is 15.2 Å². The van der Waals surface area contributed by atoms with E-state index in [1.54, 1.807) is 7.05 Å². The van der Waals surface area contributed by atoms with Gasteiger partial charge in [0.15, 0.2) is 12.6 Å². The van der Waals surface area contributed by atoms with Crippen LogP contribution in [0.3, 0.4) is 0 Å². The van der Waals surface area contributed by atoms with Crippen LogP contribution in [0.15, 0.2) is 59.6 Å². The van der Waals surface area contributed by atoms with E-state index in [2.05, 4.69) is 15.6 Å². The predicted octanol–water partition coefficient (Wildman–Crippen LogP) is 1.73. The number of amides is 1. The zero-order valence-electron chi connectivity index (χ0n) is 16.2. The fourth-order valence-electron chi connectivity index (χ4n) is 2.44.